The Hall–Kier alpha value is -1.38. The van der Waals surface area contributed by atoms with Crippen LogP contribution in [0.2, 0.25) is 0 Å². The minimum atomic E-state index is 0.597. The topological polar surface area (TPSA) is 38.5 Å². The van der Waals surface area contributed by atoms with Gasteiger partial charge in [0.2, 0.25) is 0 Å². The number of nitrogens with two attached hydrogens (primary N) is 1. The molecule has 1 saturated heterocycles. The Morgan fingerprint density at radius 1 is 1.33 bits per heavy atom. The first kappa shape index (κ1) is 13.1. The molecule has 0 amide bonds. The Labute approximate surface area is 110 Å². The fourth-order valence-corrected chi connectivity index (χ4v) is 2.56. The van der Waals surface area contributed by atoms with E-state index < -0.39 is 0 Å². The van der Waals surface area contributed by atoms with Crippen LogP contribution in [0.5, 0.6) is 5.75 Å². The largest absolute Gasteiger partial charge is 0.493 e. The highest BCUT2D eigenvalue weighted by atomic mass is 16.5. The van der Waals surface area contributed by atoms with Crippen LogP contribution in [0.15, 0.2) is 18.2 Å². The predicted molar refractivity (Wildman–Crippen MR) is 77.3 cm³/mol. The van der Waals surface area contributed by atoms with Crippen molar-refractivity contribution in [2.24, 2.45) is 0 Å². The average molecular weight is 248 g/mol. The van der Waals surface area contributed by atoms with Gasteiger partial charge in [-0.3, -0.25) is 0 Å². The van der Waals surface area contributed by atoms with Gasteiger partial charge >= 0.3 is 0 Å². The van der Waals surface area contributed by atoms with E-state index in [0.29, 0.717) is 6.04 Å². The van der Waals surface area contributed by atoms with Gasteiger partial charge in [-0.25, -0.2) is 0 Å². The standard InChI is InChI=1S/C15H24N2O/c1-3-8-18-15-10-13(16)9-14(11-15)17-7-5-4-6-12(17)2/h9-12H,3-8,16H2,1-2H3. The lowest BCUT2D eigenvalue weighted by atomic mass is 10.0. The van der Waals surface area contributed by atoms with Gasteiger partial charge in [0.05, 0.1) is 6.61 Å². The van der Waals surface area contributed by atoms with Gasteiger partial charge in [-0.05, 0) is 38.7 Å². The van der Waals surface area contributed by atoms with Gasteiger partial charge < -0.3 is 15.4 Å². The average Bonchev–Trinajstić information content (AvgIpc) is 2.36. The van der Waals surface area contributed by atoms with Crippen molar-refractivity contribution in [1.82, 2.24) is 0 Å². The van der Waals surface area contributed by atoms with E-state index in [0.717, 1.165) is 31.0 Å². The highest BCUT2D eigenvalue weighted by molar-refractivity contribution is 5.61. The van der Waals surface area contributed by atoms with Crippen molar-refractivity contribution in [1.29, 1.82) is 0 Å². The van der Waals surface area contributed by atoms with E-state index >= 15 is 0 Å². The second-order valence-corrected chi connectivity index (χ2v) is 5.15. The maximum atomic E-state index is 5.98. The number of nitrogen functional groups attached to an aromatic ring is 1. The first-order valence-electron chi connectivity index (χ1n) is 7.00. The van der Waals surface area contributed by atoms with E-state index in [9.17, 15) is 0 Å². The first-order valence-corrected chi connectivity index (χ1v) is 7.00. The number of anilines is 2. The molecule has 1 fully saturated rings. The van der Waals surface area contributed by atoms with E-state index in [2.05, 4.69) is 30.9 Å². The second kappa shape index (κ2) is 5.98. The van der Waals surface area contributed by atoms with Crippen molar-refractivity contribution in [2.45, 2.75) is 45.6 Å². The van der Waals surface area contributed by atoms with E-state index in [1.807, 2.05) is 6.07 Å². The van der Waals surface area contributed by atoms with Crippen molar-refractivity contribution in [3.8, 4) is 5.75 Å². The molecule has 1 aromatic carbocycles. The molecule has 1 heterocycles. The molecule has 0 radical (unpaired) electrons. The Morgan fingerprint density at radius 3 is 2.89 bits per heavy atom. The molecule has 100 valence electrons. The summed E-state index contributed by atoms with van der Waals surface area (Å²) in [6, 6.07) is 6.68. The summed E-state index contributed by atoms with van der Waals surface area (Å²) in [5.74, 6) is 0.893. The summed E-state index contributed by atoms with van der Waals surface area (Å²) in [5.41, 5.74) is 7.97. The number of piperidine rings is 1. The summed E-state index contributed by atoms with van der Waals surface area (Å²) in [7, 11) is 0. The number of hydrogen-bond acceptors (Lipinski definition) is 3. The molecule has 0 aromatic heterocycles. The molecule has 0 bridgehead atoms. The van der Waals surface area contributed by atoms with E-state index in [-0.39, 0.29) is 0 Å². The van der Waals surface area contributed by atoms with Crippen LogP contribution >= 0.6 is 0 Å². The molecule has 0 spiro atoms. The molecule has 1 atom stereocenters. The summed E-state index contributed by atoms with van der Waals surface area (Å²) >= 11 is 0. The zero-order chi connectivity index (χ0) is 13.0. The lowest BCUT2D eigenvalue weighted by Crippen LogP contribution is -2.37. The molecule has 1 aliphatic rings. The Morgan fingerprint density at radius 2 is 2.17 bits per heavy atom. The maximum Gasteiger partial charge on any atom is 0.123 e. The minimum Gasteiger partial charge on any atom is -0.493 e. The summed E-state index contributed by atoms with van der Waals surface area (Å²) in [6.07, 6.45) is 4.88. The fraction of sp³-hybridized carbons (Fsp3) is 0.600. The van der Waals surface area contributed by atoms with Crippen LogP contribution < -0.4 is 15.4 Å². The third kappa shape index (κ3) is 3.09. The highest BCUT2D eigenvalue weighted by Gasteiger charge is 2.19. The van der Waals surface area contributed by atoms with Crippen molar-refractivity contribution in [3.05, 3.63) is 18.2 Å². The summed E-state index contributed by atoms with van der Waals surface area (Å²) in [5, 5.41) is 0. The number of ether oxygens (including phenoxy) is 1. The molecule has 2 N–H and O–H groups in total. The van der Waals surface area contributed by atoms with E-state index in [1.54, 1.807) is 0 Å². The lowest BCUT2D eigenvalue weighted by molar-refractivity contribution is 0.317. The molecule has 18 heavy (non-hydrogen) atoms. The molecule has 0 aliphatic carbocycles. The van der Waals surface area contributed by atoms with Gasteiger partial charge in [-0.2, -0.15) is 0 Å². The zero-order valence-corrected chi connectivity index (χ0v) is 11.5. The Kier molecular flexibility index (Phi) is 4.34. The fourth-order valence-electron chi connectivity index (χ4n) is 2.56. The summed E-state index contributed by atoms with van der Waals surface area (Å²) in [6.45, 7) is 6.27. The van der Waals surface area contributed by atoms with Gasteiger partial charge in [0.25, 0.3) is 0 Å². The van der Waals surface area contributed by atoms with Gasteiger partial charge in [0, 0.05) is 36.1 Å². The Balaban J connectivity index is 2.18. The van der Waals surface area contributed by atoms with E-state index in [1.165, 1.54) is 24.9 Å². The van der Waals surface area contributed by atoms with Crippen LogP contribution in [0.4, 0.5) is 11.4 Å². The van der Waals surface area contributed by atoms with Crippen LogP contribution in [-0.4, -0.2) is 19.2 Å². The number of nitrogens with zero attached hydrogens (tertiary/aromatic N) is 1. The van der Waals surface area contributed by atoms with Gasteiger partial charge in [-0.1, -0.05) is 6.92 Å². The molecule has 3 heteroatoms. The molecule has 1 aliphatic heterocycles. The van der Waals surface area contributed by atoms with Gasteiger partial charge in [0.1, 0.15) is 5.75 Å². The lowest BCUT2D eigenvalue weighted by Gasteiger charge is -2.35. The Bertz CT molecular complexity index is 392. The minimum absolute atomic E-state index is 0.597. The number of rotatable bonds is 4. The van der Waals surface area contributed by atoms with Gasteiger partial charge in [-0.15, -0.1) is 0 Å². The number of benzene rings is 1. The third-order valence-corrected chi connectivity index (χ3v) is 3.52. The molecule has 3 nitrogen and oxygen atoms in total. The first-order chi connectivity index (χ1) is 8.70. The smallest absolute Gasteiger partial charge is 0.123 e. The maximum absolute atomic E-state index is 5.98. The monoisotopic (exact) mass is 248 g/mol. The van der Waals surface area contributed by atoms with Crippen molar-refractivity contribution < 1.29 is 4.74 Å². The van der Waals surface area contributed by atoms with Crippen molar-refractivity contribution in [2.75, 3.05) is 23.8 Å². The zero-order valence-electron chi connectivity index (χ0n) is 11.5. The van der Waals surface area contributed by atoms with E-state index in [4.69, 9.17) is 10.5 Å². The predicted octanol–water partition coefficient (Wildman–Crippen LogP) is 3.44. The molecule has 1 unspecified atom stereocenters. The summed E-state index contributed by atoms with van der Waals surface area (Å²) in [4.78, 5) is 2.44. The molecule has 0 saturated carbocycles. The summed E-state index contributed by atoms with van der Waals surface area (Å²) < 4.78 is 5.70. The molecule has 1 aromatic rings. The molecule has 2 rings (SSSR count). The molecular formula is C15H24N2O. The number of hydrogen-bond donors (Lipinski definition) is 1. The van der Waals surface area contributed by atoms with Crippen LogP contribution in [0, 0.1) is 0 Å². The normalized spacial score (nSPS) is 19.9. The van der Waals surface area contributed by atoms with Crippen LogP contribution in [0.25, 0.3) is 0 Å². The molecular weight excluding hydrogens is 224 g/mol. The van der Waals surface area contributed by atoms with Gasteiger partial charge in [0.15, 0.2) is 0 Å². The van der Waals surface area contributed by atoms with Crippen LogP contribution in [0.3, 0.4) is 0 Å². The third-order valence-electron chi connectivity index (χ3n) is 3.52. The van der Waals surface area contributed by atoms with Crippen LogP contribution in [-0.2, 0) is 0 Å². The van der Waals surface area contributed by atoms with Crippen molar-refractivity contribution >= 4 is 11.4 Å². The second-order valence-electron chi connectivity index (χ2n) is 5.15. The quantitative estimate of drug-likeness (QED) is 0.830. The van der Waals surface area contributed by atoms with Crippen LogP contribution in [0.1, 0.15) is 39.5 Å². The highest BCUT2D eigenvalue weighted by Crippen LogP contribution is 2.30. The SMILES string of the molecule is CCCOc1cc(N)cc(N2CCCCC2C)c1. The van der Waals surface area contributed by atoms with Crippen molar-refractivity contribution in [3.63, 3.8) is 0 Å².